The Kier molecular flexibility index (Phi) is 3.69. The lowest BCUT2D eigenvalue weighted by Crippen LogP contribution is -2.44. The molecule has 5 nitrogen and oxygen atoms in total. The number of nitrogens with zero attached hydrogens (tertiary/aromatic N) is 4. The molecule has 0 bridgehead atoms. The van der Waals surface area contributed by atoms with Crippen LogP contribution in [0.4, 0.5) is 0 Å². The maximum Gasteiger partial charge on any atom is 0.234 e. The van der Waals surface area contributed by atoms with Crippen molar-refractivity contribution in [2.24, 2.45) is 0 Å². The molecule has 5 rings (SSSR count). The molecule has 0 spiro atoms. The van der Waals surface area contributed by atoms with E-state index in [4.69, 9.17) is 0 Å². The van der Waals surface area contributed by atoms with Crippen LogP contribution < -0.4 is 0 Å². The molecule has 3 fully saturated rings. The molecule has 0 radical (unpaired) electrons. The fourth-order valence-electron chi connectivity index (χ4n) is 4.57. The summed E-state index contributed by atoms with van der Waals surface area (Å²) in [7, 11) is 0. The summed E-state index contributed by atoms with van der Waals surface area (Å²) < 4.78 is 2.01. The van der Waals surface area contributed by atoms with Crippen LogP contribution in [-0.2, 0) is 10.2 Å². The second-order valence-corrected chi connectivity index (χ2v) is 8.81. The van der Waals surface area contributed by atoms with Gasteiger partial charge in [0.15, 0.2) is 0 Å². The van der Waals surface area contributed by atoms with Crippen LogP contribution >= 0.6 is 11.3 Å². The number of thiophene rings is 1. The van der Waals surface area contributed by atoms with E-state index < -0.39 is 0 Å². The van der Waals surface area contributed by atoms with Crippen LogP contribution in [0, 0.1) is 0 Å². The van der Waals surface area contributed by atoms with Crippen molar-refractivity contribution in [1.82, 2.24) is 19.9 Å². The van der Waals surface area contributed by atoms with Crippen LogP contribution in [0.3, 0.4) is 0 Å². The Hall–Kier alpha value is -1.69. The van der Waals surface area contributed by atoms with Crippen molar-refractivity contribution >= 4 is 17.2 Å². The predicted molar refractivity (Wildman–Crippen MR) is 96.7 cm³/mol. The number of carbonyl (C=O) groups is 1. The molecular weight excluding hydrogens is 332 g/mol. The molecule has 3 heterocycles. The molecule has 1 amide bonds. The van der Waals surface area contributed by atoms with E-state index in [9.17, 15) is 4.79 Å². The molecule has 2 aromatic heterocycles. The van der Waals surface area contributed by atoms with Crippen molar-refractivity contribution < 1.29 is 4.79 Å². The van der Waals surface area contributed by atoms with E-state index in [1.54, 1.807) is 11.3 Å². The molecule has 6 heteroatoms. The third-order valence-corrected chi connectivity index (χ3v) is 7.28. The highest BCUT2D eigenvalue weighted by atomic mass is 32.1. The summed E-state index contributed by atoms with van der Waals surface area (Å²) in [5.74, 6) is 0.978. The first-order valence-corrected chi connectivity index (χ1v) is 10.4. The van der Waals surface area contributed by atoms with Gasteiger partial charge in [-0.25, -0.2) is 4.68 Å². The topological polar surface area (TPSA) is 51.0 Å². The Morgan fingerprint density at radius 1 is 1.24 bits per heavy atom. The summed E-state index contributed by atoms with van der Waals surface area (Å²) in [6.45, 7) is 1.62. The zero-order valence-electron chi connectivity index (χ0n) is 14.4. The summed E-state index contributed by atoms with van der Waals surface area (Å²) in [4.78, 5) is 16.8. The van der Waals surface area contributed by atoms with Gasteiger partial charge in [-0.1, -0.05) is 24.1 Å². The molecular formula is C19H24N4OS. The first-order chi connectivity index (χ1) is 12.3. The van der Waals surface area contributed by atoms with Crippen molar-refractivity contribution in [3.05, 3.63) is 34.3 Å². The largest absolute Gasteiger partial charge is 0.340 e. The minimum atomic E-state index is -0.259. The molecule has 2 aliphatic carbocycles. The third-order valence-electron chi connectivity index (χ3n) is 6.21. The number of amides is 1. The highest BCUT2D eigenvalue weighted by Gasteiger charge is 2.47. The maximum absolute atomic E-state index is 13.5. The molecule has 1 atom stereocenters. The normalized spacial score (nSPS) is 25.6. The molecule has 25 heavy (non-hydrogen) atoms. The van der Waals surface area contributed by atoms with Crippen LogP contribution in [0.25, 0.3) is 0 Å². The summed E-state index contributed by atoms with van der Waals surface area (Å²) in [5, 5.41) is 10.8. The molecule has 3 aliphatic rings. The van der Waals surface area contributed by atoms with Gasteiger partial charge in [0.05, 0.1) is 17.2 Å². The average molecular weight is 356 g/mol. The Balaban J connectivity index is 1.34. The van der Waals surface area contributed by atoms with Crippen LogP contribution in [0.5, 0.6) is 0 Å². The smallest absolute Gasteiger partial charge is 0.234 e. The lowest BCUT2D eigenvalue weighted by Gasteiger charge is -2.31. The van der Waals surface area contributed by atoms with E-state index in [1.165, 1.54) is 17.7 Å². The monoisotopic (exact) mass is 356 g/mol. The van der Waals surface area contributed by atoms with Gasteiger partial charge in [-0.15, -0.1) is 16.4 Å². The number of aromatic nitrogens is 3. The van der Waals surface area contributed by atoms with Gasteiger partial charge in [0.1, 0.15) is 0 Å². The van der Waals surface area contributed by atoms with Crippen molar-refractivity contribution in [2.75, 3.05) is 13.1 Å². The van der Waals surface area contributed by atoms with Gasteiger partial charge in [-0.3, -0.25) is 4.79 Å². The second kappa shape index (κ2) is 5.94. The summed E-state index contributed by atoms with van der Waals surface area (Å²) >= 11 is 1.74. The molecule has 132 valence electrons. The number of likely N-dealkylation sites (tertiary alicyclic amines) is 1. The first-order valence-electron chi connectivity index (χ1n) is 9.51. The quantitative estimate of drug-likeness (QED) is 0.842. The first kappa shape index (κ1) is 15.6. The molecule has 0 aromatic carbocycles. The van der Waals surface area contributed by atoms with Gasteiger partial charge in [0, 0.05) is 30.1 Å². The number of carbonyl (C=O) groups excluding carboxylic acids is 1. The lowest BCUT2D eigenvalue weighted by atomic mass is 9.83. The number of hydrogen-bond donors (Lipinski definition) is 0. The highest BCUT2D eigenvalue weighted by Crippen LogP contribution is 2.45. The summed E-state index contributed by atoms with van der Waals surface area (Å²) in [6.07, 6.45) is 9.92. The van der Waals surface area contributed by atoms with Crippen LogP contribution in [-0.4, -0.2) is 38.9 Å². The van der Waals surface area contributed by atoms with Gasteiger partial charge >= 0.3 is 0 Å². The minimum absolute atomic E-state index is 0.259. The van der Waals surface area contributed by atoms with Crippen LogP contribution in [0.1, 0.15) is 67.5 Å². The summed E-state index contributed by atoms with van der Waals surface area (Å²) in [5.41, 5.74) is 0.876. The van der Waals surface area contributed by atoms with Crippen molar-refractivity contribution in [3.8, 4) is 0 Å². The van der Waals surface area contributed by atoms with Crippen LogP contribution in [0.2, 0.25) is 0 Å². The molecule has 2 aromatic rings. The lowest BCUT2D eigenvalue weighted by molar-refractivity contribution is -0.136. The Morgan fingerprint density at radius 2 is 2.08 bits per heavy atom. The Bertz CT molecular complexity index is 758. The average Bonchev–Trinajstić information content (AvgIpc) is 3.17. The van der Waals surface area contributed by atoms with E-state index in [-0.39, 0.29) is 11.5 Å². The Labute approximate surface area is 152 Å². The van der Waals surface area contributed by atoms with E-state index in [1.807, 2.05) is 4.68 Å². The van der Waals surface area contributed by atoms with Gasteiger partial charge in [-0.2, -0.15) is 0 Å². The van der Waals surface area contributed by atoms with E-state index in [0.29, 0.717) is 11.8 Å². The molecule has 1 aliphatic heterocycles. The third kappa shape index (κ3) is 2.62. The van der Waals surface area contributed by atoms with Crippen molar-refractivity contribution in [2.45, 2.75) is 62.3 Å². The van der Waals surface area contributed by atoms with E-state index in [2.05, 4.69) is 38.9 Å². The number of rotatable bonds is 4. The molecule has 2 saturated carbocycles. The van der Waals surface area contributed by atoms with Gasteiger partial charge in [0.25, 0.3) is 0 Å². The predicted octanol–water partition coefficient (Wildman–Crippen LogP) is 3.50. The zero-order chi connectivity index (χ0) is 16.9. The minimum Gasteiger partial charge on any atom is -0.340 e. The standard InChI is InChI=1S/C19H24N4OS/c24-18(19(8-1-2-9-19)17-4-3-11-25-17)22-10-7-15(12-22)23-13-16(20-21-23)14-5-6-14/h3-4,11,13-15H,1-2,5-10,12H2. The highest BCUT2D eigenvalue weighted by molar-refractivity contribution is 7.10. The number of hydrogen-bond acceptors (Lipinski definition) is 4. The van der Waals surface area contributed by atoms with E-state index >= 15 is 0 Å². The fraction of sp³-hybridized carbons (Fsp3) is 0.632. The van der Waals surface area contributed by atoms with E-state index in [0.717, 1.165) is 50.9 Å². The van der Waals surface area contributed by atoms with Gasteiger partial charge < -0.3 is 4.90 Å². The van der Waals surface area contributed by atoms with Crippen molar-refractivity contribution in [3.63, 3.8) is 0 Å². The molecule has 1 unspecified atom stereocenters. The van der Waals surface area contributed by atoms with Gasteiger partial charge in [-0.05, 0) is 43.6 Å². The Morgan fingerprint density at radius 3 is 2.80 bits per heavy atom. The zero-order valence-corrected chi connectivity index (χ0v) is 15.2. The summed E-state index contributed by atoms with van der Waals surface area (Å²) in [6, 6.07) is 4.51. The van der Waals surface area contributed by atoms with Crippen LogP contribution in [0.15, 0.2) is 23.7 Å². The van der Waals surface area contributed by atoms with Crippen molar-refractivity contribution in [1.29, 1.82) is 0 Å². The second-order valence-electron chi connectivity index (χ2n) is 7.86. The fourth-order valence-corrected chi connectivity index (χ4v) is 5.55. The molecule has 1 saturated heterocycles. The van der Waals surface area contributed by atoms with Gasteiger partial charge in [0.2, 0.25) is 5.91 Å². The molecule has 0 N–H and O–H groups in total. The SMILES string of the molecule is O=C(N1CCC(n2cc(C3CC3)nn2)C1)C1(c2cccs2)CCCC1. The maximum atomic E-state index is 13.5.